The Morgan fingerprint density at radius 2 is 1.76 bits per heavy atom. The molecule has 0 atom stereocenters. The lowest BCUT2D eigenvalue weighted by Crippen LogP contribution is -2.12. The number of sulfonamides is 1. The van der Waals surface area contributed by atoms with Crippen LogP contribution in [0.1, 0.15) is 10.4 Å². The van der Waals surface area contributed by atoms with Gasteiger partial charge in [0.25, 0.3) is 10.0 Å². The Morgan fingerprint density at radius 1 is 1.06 bits per heavy atom. The van der Waals surface area contributed by atoms with Crippen molar-refractivity contribution in [3.63, 3.8) is 0 Å². The third-order valence-electron chi connectivity index (χ3n) is 2.37. The van der Waals surface area contributed by atoms with Gasteiger partial charge in [0.05, 0.1) is 5.69 Å². The van der Waals surface area contributed by atoms with Crippen molar-refractivity contribution in [1.29, 1.82) is 0 Å². The highest BCUT2D eigenvalue weighted by Gasteiger charge is 2.16. The van der Waals surface area contributed by atoms with Crippen molar-refractivity contribution in [3.05, 3.63) is 46.8 Å². The second-order valence-electron chi connectivity index (χ2n) is 3.79. The zero-order chi connectivity index (χ0) is 12.5. The van der Waals surface area contributed by atoms with Gasteiger partial charge in [-0.15, -0.1) is 11.3 Å². The smallest absolute Gasteiger partial charge is 0.271 e. The molecule has 0 aliphatic rings. The van der Waals surface area contributed by atoms with Crippen molar-refractivity contribution in [1.82, 2.24) is 0 Å². The first-order valence-corrected chi connectivity index (χ1v) is 7.44. The molecule has 0 unspecified atom stereocenters. The minimum absolute atomic E-state index is 0.346. The quantitative estimate of drug-likeness (QED) is 0.928. The molecule has 1 heterocycles. The molecule has 90 valence electrons. The summed E-state index contributed by atoms with van der Waals surface area (Å²) in [6.07, 6.45) is 0. The molecule has 1 aromatic heterocycles. The fourth-order valence-corrected chi connectivity index (χ4v) is 3.85. The summed E-state index contributed by atoms with van der Waals surface area (Å²) >= 11 is 1.27. The molecule has 3 nitrogen and oxygen atoms in total. The highest BCUT2D eigenvalue weighted by atomic mass is 32.2. The number of anilines is 1. The monoisotopic (exact) mass is 267 g/mol. The molecule has 5 heteroatoms. The molecule has 1 aromatic carbocycles. The largest absolute Gasteiger partial charge is 0.279 e. The third kappa shape index (κ3) is 2.68. The van der Waals surface area contributed by atoms with Crippen LogP contribution in [0.2, 0.25) is 0 Å². The molecule has 0 bridgehead atoms. The van der Waals surface area contributed by atoms with Gasteiger partial charge in [0.2, 0.25) is 0 Å². The number of nitrogens with one attached hydrogen (secondary N) is 1. The van der Waals surface area contributed by atoms with Crippen LogP contribution in [-0.2, 0) is 10.0 Å². The van der Waals surface area contributed by atoms with E-state index < -0.39 is 10.0 Å². The van der Waals surface area contributed by atoms with Crippen LogP contribution in [0.25, 0.3) is 0 Å². The SMILES string of the molecule is Cc1ccc(S(=O)(=O)Nc2ccccc2C)s1. The number of hydrogen-bond acceptors (Lipinski definition) is 3. The summed E-state index contributed by atoms with van der Waals surface area (Å²) in [7, 11) is -3.45. The molecular formula is C12H13NO2S2. The van der Waals surface area contributed by atoms with Gasteiger partial charge in [0.15, 0.2) is 0 Å². The van der Waals surface area contributed by atoms with Gasteiger partial charge in [-0.1, -0.05) is 18.2 Å². The van der Waals surface area contributed by atoms with Crippen LogP contribution >= 0.6 is 11.3 Å². The summed E-state index contributed by atoms with van der Waals surface area (Å²) in [5.74, 6) is 0. The number of aryl methyl sites for hydroxylation is 2. The van der Waals surface area contributed by atoms with Crippen molar-refractivity contribution in [3.8, 4) is 0 Å². The number of hydrogen-bond donors (Lipinski definition) is 1. The summed E-state index contributed by atoms with van der Waals surface area (Å²) in [4.78, 5) is 0.982. The van der Waals surface area contributed by atoms with E-state index in [1.54, 1.807) is 18.2 Å². The fraction of sp³-hybridized carbons (Fsp3) is 0.167. The maximum absolute atomic E-state index is 12.1. The highest BCUT2D eigenvalue weighted by molar-refractivity contribution is 7.94. The summed E-state index contributed by atoms with van der Waals surface area (Å²) in [6, 6.07) is 10.7. The zero-order valence-electron chi connectivity index (χ0n) is 9.60. The first kappa shape index (κ1) is 12.1. The lowest BCUT2D eigenvalue weighted by molar-refractivity contribution is 0.603. The molecule has 1 N–H and O–H groups in total. The summed E-state index contributed by atoms with van der Waals surface area (Å²) < 4.78 is 27.1. The van der Waals surface area contributed by atoms with Crippen molar-refractivity contribution >= 4 is 27.0 Å². The van der Waals surface area contributed by atoms with Gasteiger partial charge < -0.3 is 0 Å². The molecule has 17 heavy (non-hydrogen) atoms. The Morgan fingerprint density at radius 3 is 2.35 bits per heavy atom. The molecule has 0 saturated carbocycles. The third-order valence-corrected chi connectivity index (χ3v) is 5.23. The Bertz CT molecular complexity index is 629. The van der Waals surface area contributed by atoms with Gasteiger partial charge in [-0.25, -0.2) is 8.42 Å². The fourth-order valence-electron chi connectivity index (χ4n) is 1.44. The van der Waals surface area contributed by atoms with E-state index in [1.807, 2.05) is 32.0 Å². The second kappa shape index (κ2) is 4.50. The van der Waals surface area contributed by atoms with Crippen molar-refractivity contribution in [2.75, 3.05) is 4.72 Å². The van der Waals surface area contributed by atoms with E-state index in [1.165, 1.54) is 11.3 Å². The molecule has 0 aliphatic heterocycles. The number of para-hydroxylation sites is 1. The van der Waals surface area contributed by atoms with Crippen LogP contribution in [0.4, 0.5) is 5.69 Å². The Hall–Kier alpha value is -1.33. The molecule has 0 saturated heterocycles. The normalized spacial score (nSPS) is 11.4. The molecular weight excluding hydrogens is 254 g/mol. The predicted octanol–water partition coefficient (Wildman–Crippen LogP) is 3.17. The second-order valence-corrected chi connectivity index (χ2v) is 6.98. The molecule has 0 spiro atoms. The van der Waals surface area contributed by atoms with Crippen LogP contribution in [-0.4, -0.2) is 8.42 Å². The van der Waals surface area contributed by atoms with Gasteiger partial charge in [0.1, 0.15) is 4.21 Å². The van der Waals surface area contributed by atoms with Crippen LogP contribution in [0.5, 0.6) is 0 Å². The van der Waals surface area contributed by atoms with Crippen LogP contribution in [0.3, 0.4) is 0 Å². The number of benzene rings is 1. The lowest BCUT2D eigenvalue weighted by atomic mass is 10.2. The van der Waals surface area contributed by atoms with Crippen molar-refractivity contribution < 1.29 is 8.42 Å². The van der Waals surface area contributed by atoms with Gasteiger partial charge in [-0.05, 0) is 37.6 Å². The van der Waals surface area contributed by atoms with E-state index in [4.69, 9.17) is 0 Å². The average molecular weight is 267 g/mol. The van der Waals surface area contributed by atoms with Gasteiger partial charge in [0, 0.05) is 4.88 Å². The zero-order valence-corrected chi connectivity index (χ0v) is 11.2. The topological polar surface area (TPSA) is 46.2 Å². The molecule has 2 aromatic rings. The van der Waals surface area contributed by atoms with E-state index in [-0.39, 0.29) is 0 Å². The molecule has 0 fully saturated rings. The first-order valence-electron chi connectivity index (χ1n) is 5.14. The van der Waals surface area contributed by atoms with E-state index in [9.17, 15) is 8.42 Å². The van der Waals surface area contributed by atoms with Gasteiger partial charge in [-0.3, -0.25) is 4.72 Å². The molecule has 0 radical (unpaired) electrons. The summed E-state index contributed by atoms with van der Waals surface area (Å²) in [5.41, 5.74) is 1.53. The molecule has 0 aliphatic carbocycles. The highest BCUT2D eigenvalue weighted by Crippen LogP contribution is 2.24. The van der Waals surface area contributed by atoms with Crippen molar-refractivity contribution in [2.45, 2.75) is 18.1 Å². The Balaban J connectivity index is 2.33. The lowest BCUT2D eigenvalue weighted by Gasteiger charge is -2.08. The predicted molar refractivity (Wildman–Crippen MR) is 71.0 cm³/mol. The van der Waals surface area contributed by atoms with E-state index in [2.05, 4.69) is 4.72 Å². The minimum Gasteiger partial charge on any atom is -0.279 e. The van der Waals surface area contributed by atoms with Crippen molar-refractivity contribution in [2.24, 2.45) is 0 Å². The standard InChI is InChI=1S/C12H13NO2S2/c1-9-5-3-4-6-11(9)13-17(14,15)12-8-7-10(2)16-12/h3-8,13H,1-2H3. The van der Waals surface area contributed by atoms with Crippen LogP contribution in [0, 0.1) is 13.8 Å². The van der Waals surface area contributed by atoms with Gasteiger partial charge >= 0.3 is 0 Å². The maximum Gasteiger partial charge on any atom is 0.271 e. The van der Waals surface area contributed by atoms with E-state index in [0.717, 1.165) is 10.4 Å². The van der Waals surface area contributed by atoms with Crippen LogP contribution < -0.4 is 4.72 Å². The van der Waals surface area contributed by atoms with Crippen LogP contribution in [0.15, 0.2) is 40.6 Å². The number of rotatable bonds is 3. The Kier molecular flexibility index (Phi) is 3.22. The van der Waals surface area contributed by atoms with E-state index >= 15 is 0 Å². The maximum atomic E-state index is 12.1. The van der Waals surface area contributed by atoms with E-state index in [0.29, 0.717) is 9.90 Å². The molecule has 0 amide bonds. The minimum atomic E-state index is -3.45. The molecule has 2 rings (SSSR count). The summed E-state index contributed by atoms with van der Waals surface area (Å²) in [5, 5.41) is 0. The number of thiophene rings is 1. The first-order chi connectivity index (χ1) is 7.99. The van der Waals surface area contributed by atoms with Gasteiger partial charge in [-0.2, -0.15) is 0 Å². The Labute approximate surface area is 105 Å². The average Bonchev–Trinajstić information content (AvgIpc) is 2.69. The summed E-state index contributed by atoms with van der Waals surface area (Å²) in [6.45, 7) is 3.76.